The summed E-state index contributed by atoms with van der Waals surface area (Å²) in [4.78, 5) is 16.8. The van der Waals surface area contributed by atoms with Crippen molar-refractivity contribution in [3.05, 3.63) is 51.7 Å². The number of carbonyl (C=O) groups excluding carboxylic acids is 1. The van der Waals surface area contributed by atoms with Crippen molar-refractivity contribution in [3.63, 3.8) is 0 Å². The predicted octanol–water partition coefficient (Wildman–Crippen LogP) is 3.63. The van der Waals surface area contributed by atoms with Crippen LogP contribution in [0, 0.1) is 6.92 Å². The van der Waals surface area contributed by atoms with Gasteiger partial charge in [0.05, 0.1) is 18.0 Å². The first-order valence-electron chi connectivity index (χ1n) is 8.40. The van der Waals surface area contributed by atoms with Crippen LogP contribution in [0.25, 0.3) is 0 Å². The van der Waals surface area contributed by atoms with Crippen molar-refractivity contribution in [1.29, 1.82) is 0 Å². The Morgan fingerprint density at radius 1 is 1.25 bits per heavy atom. The Kier molecular flexibility index (Phi) is 5.53. The minimum absolute atomic E-state index is 0.00666. The zero-order valence-corrected chi connectivity index (χ0v) is 15.1. The number of benzene rings is 1. The molecule has 1 amide bonds. The normalized spacial score (nSPS) is 16.1. The summed E-state index contributed by atoms with van der Waals surface area (Å²) in [6.45, 7) is 4.74. The van der Waals surface area contributed by atoms with Crippen LogP contribution in [0.3, 0.4) is 0 Å². The molecule has 1 aromatic heterocycles. The third kappa shape index (κ3) is 3.79. The van der Waals surface area contributed by atoms with Crippen LogP contribution >= 0.6 is 11.3 Å². The molecule has 1 saturated heterocycles. The van der Waals surface area contributed by atoms with E-state index >= 15 is 0 Å². The maximum Gasteiger partial charge on any atom is 0.261 e. The van der Waals surface area contributed by atoms with E-state index < -0.39 is 0 Å². The van der Waals surface area contributed by atoms with Crippen molar-refractivity contribution in [3.8, 4) is 5.75 Å². The summed E-state index contributed by atoms with van der Waals surface area (Å²) in [5.74, 6) is 0.891. The number of para-hydroxylation sites is 1. The van der Waals surface area contributed by atoms with Gasteiger partial charge in [-0.2, -0.15) is 0 Å². The highest BCUT2D eigenvalue weighted by atomic mass is 32.1. The summed E-state index contributed by atoms with van der Waals surface area (Å²) in [5.41, 5.74) is 1.14. The molecule has 1 aliphatic heterocycles. The Bertz CT molecular complexity index is 692. The number of nitrogens with zero attached hydrogens (tertiary/aromatic N) is 1. The number of likely N-dealkylation sites (tertiary alicyclic amines) is 1. The van der Waals surface area contributed by atoms with Crippen molar-refractivity contribution in [2.24, 2.45) is 0 Å². The second kappa shape index (κ2) is 7.81. The molecule has 0 bridgehead atoms. The van der Waals surface area contributed by atoms with Gasteiger partial charge in [-0.3, -0.25) is 9.69 Å². The molecule has 1 unspecified atom stereocenters. The zero-order chi connectivity index (χ0) is 16.9. The fourth-order valence-electron chi connectivity index (χ4n) is 3.26. The van der Waals surface area contributed by atoms with Crippen LogP contribution in [-0.2, 0) is 0 Å². The lowest BCUT2D eigenvalue weighted by atomic mass is 10.0. The summed E-state index contributed by atoms with van der Waals surface area (Å²) in [6.07, 6.45) is 2.42. The minimum atomic E-state index is 0.00666. The average Bonchev–Trinajstić information content (AvgIpc) is 3.27. The first-order valence-corrected chi connectivity index (χ1v) is 9.22. The van der Waals surface area contributed by atoms with E-state index in [1.807, 2.05) is 37.3 Å². The van der Waals surface area contributed by atoms with Crippen molar-refractivity contribution >= 4 is 17.2 Å². The van der Waals surface area contributed by atoms with E-state index in [2.05, 4.69) is 16.3 Å². The van der Waals surface area contributed by atoms with Crippen LogP contribution in [0.2, 0.25) is 0 Å². The molecule has 0 radical (unpaired) electrons. The van der Waals surface area contributed by atoms with Gasteiger partial charge in [-0.25, -0.2) is 0 Å². The van der Waals surface area contributed by atoms with Gasteiger partial charge in [0.15, 0.2) is 0 Å². The minimum Gasteiger partial charge on any atom is -0.496 e. The van der Waals surface area contributed by atoms with E-state index in [1.165, 1.54) is 24.2 Å². The van der Waals surface area contributed by atoms with Crippen molar-refractivity contribution in [2.45, 2.75) is 25.8 Å². The molecule has 0 aliphatic carbocycles. The van der Waals surface area contributed by atoms with Gasteiger partial charge in [0.25, 0.3) is 5.91 Å². The first kappa shape index (κ1) is 17.0. The predicted molar refractivity (Wildman–Crippen MR) is 97.9 cm³/mol. The Morgan fingerprint density at radius 2 is 2.00 bits per heavy atom. The molecule has 1 aliphatic rings. The van der Waals surface area contributed by atoms with Gasteiger partial charge in [-0.15, -0.1) is 11.3 Å². The van der Waals surface area contributed by atoms with Crippen LogP contribution in [0.5, 0.6) is 5.75 Å². The largest absolute Gasteiger partial charge is 0.496 e. The average molecular weight is 344 g/mol. The molecule has 3 rings (SSSR count). The number of hydrogen-bond acceptors (Lipinski definition) is 4. The van der Waals surface area contributed by atoms with Gasteiger partial charge < -0.3 is 10.1 Å². The van der Waals surface area contributed by atoms with Crippen molar-refractivity contribution in [2.75, 3.05) is 26.7 Å². The third-order valence-electron chi connectivity index (χ3n) is 4.50. The highest BCUT2D eigenvalue weighted by Gasteiger charge is 2.26. The molecular weight excluding hydrogens is 320 g/mol. The lowest BCUT2D eigenvalue weighted by molar-refractivity contribution is 0.0941. The van der Waals surface area contributed by atoms with Crippen molar-refractivity contribution < 1.29 is 9.53 Å². The number of thiophene rings is 1. The Hall–Kier alpha value is -1.85. The van der Waals surface area contributed by atoms with Gasteiger partial charge in [-0.05, 0) is 51.1 Å². The first-order chi connectivity index (χ1) is 11.7. The quantitative estimate of drug-likeness (QED) is 0.870. The molecule has 128 valence electrons. The van der Waals surface area contributed by atoms with Gasteiger partial charge in [0.1, 0.15) is 5.75 Å². The molecule has 4 nitrogen and oxygen atoms in total. The molecule has 0 saturated carbocycles. The van der Waals surface area contributed by atoms with E-state index in [1.54, 1.807) is 7.11 Å². The Morgan fingerprint density at radius 3 is 2.67 bits per heavy atom. The molecule has 1 fully saturated rings. The molecule has 2 heterocycles. The van der Waals surface area contributed by atoms with Gasteiger partial charge in [0, 0.05) is 17.0 Å². The molecular formula is C19H24N2O2S. The molecule has 1 N–H and O–H groups in total. The fraction of sp³-hybridized carbons (Fsp3) is 0.421. The van der Waals surface area contributed by atoms with E-state index in [0.29, 0.717) is 6.54 Å². The standard InChI is InChI=1S/C19H24N2O2S/c1-14-9-10-18(24-14)19(22)20-13-16(21-11-5-6-12-21)15-7-3-4-8-17(15)23-2/h3-4,7-10,16H,5-6,11-13H2,1-2H3,(H,20,22). The lowest BCUT2D eigenvalue weighted by Gasteiger charge is -2.29. The monoisotopic (exact) mass is 344 g/mol. The summed E-state index contributed by atoms with van der Waals surface area (Å²) in [5, 5.41) is 3.11. The number of methoxy groups -OCH3 is 1. The second-order valence-corrected chi connectivity index (χ2v) is 7.41. The molecule has 2 aromatic rings. The Balaban J connectivity index is 1.76. The molecule has 5 heteroatoms. The number of rotatable bonds is 6. The maximum atomic E-state index is 12.4. The molecule has 1 atom stereocenters. The molecule has 0 spiro atoms. The summed E-state index contributed by atoms with van der Waals surface area (Å²) >= 11 is 1.53. The topological polar surface area (TPSA) is 41.6 Å². The molecule has 24 heavy (non-hydrogen) atoms. The highest BCUT2D eigenvalue weighted by Crippen LogP contribution is 2.31. The summed E-state index contributed by atoms with van der Waals surface area (Å²) < 4.78 is 5.54. The lowest BCUT2D eigenvalue weighted by Crippen LogP contribution is -2.36. The fourth-order valence-corrected chi connectivity index (χ4v) is 4.05. The Labute approximate surface area is 147 Å². The summed E-state index contributed by atoms with van der Waals surface area (Å²) in [7, 11) is 1.70. The smallest absolute Gasteiger partial charge is 0.261 e. The van der Waals surface area contributed by atoms with Crippen LogP contribution in [-0.4, -0.2) is 37.6 Å². The SMILES string of the molecule is COc1ccccc1C(CNC(=O)c1ccc(C)s1)N1CCCC1. The van der Waals surface area contributed by atoms with E-state index in [-0.39, 0.29) is 11.9 Å². The van der Waals surface area contributed by atoms with E-state index in [0.717, 1.165) is 34.2 Å². The number of ether oxygens (including phenoxy) is 1. The number of nitrogens with one attached hydrogen (secondary N) is 1. The number of hydrogen-bond donors (Lipinski definition) is 1. The number of carbonyl (C=O) groups is 1. The number of amides is 1. The second-order valence-electron chi connectivity index (χ2n) is 6.12. The number of aryl methyl sites for hydroxylation is 1. The van der Waals surface area contributed by atoms with Gasteiger partial charge >= 0.3 is 0 Å². The van der Waals surface area contributed by atoms with E-state index in [9.17, 15) is 4.79 Å². The zero-order valence-electron chi connectivity index (χ0n) is 14.2. The molecule has 1 aromatic carbocycles. The highest BCUT2D eigenvalue weighted by molar-refractivity contribution is 7.13. The van der Waals surface area contributed by atoms with Crippen LogP contribution < -0.4 is 10.1 Å². The van der Waals surface area contributed by atoms with Gasteiger partial charge in [-0.1, -0.05) is 18.2 Å². The van der Waals surface area contributed by atoms with Crippen LogP contribution in [0.15, 0.2) is 36.4 Å². The van der Waals surface area contributed by atoms with Crippen LogP contribution in [0.1, 0.15) is 39.0 Å². The maximum absolute atomic E-state index is 12.4. The third-order valence-corrected chi connectivity index (χ3v) is 5.50. The van der Waals surface area contributed by atoms with Crippen molar-refractivity contribution in [1.82, 2.24) is 10.2 Å². The van der Waals surface area contributed by atoms with Gasteiger partial charge in [0.2, 0.25) is 0 Å². The van der Waals surface area contributed by atoms with Crippen LogP contribution in [0.4, 0.5) is 0 Å². The summed E-state index contributed by atoms with van der Waals surface area (Å²) in [6, 6.07) is 12.1. The van der Waals surface area contributed by atoms with E-state index in [4.69, 9.17) is 4.74 Å².